The van der Waals surface area contributed by atoms with Gasteiger partial charge in [-0.15, -0.1) is 0 Å². The molecule has 0 bridgehead atoms. The van der Waals surface area contributed by atoms with Gasteiger partial charge in [0.25, 0.3) is 0 Å². The van der Waals surface area contributed by atoms with Crippen LogP contribution in [0.25, 0.3) is 0 Å². The van der Waals surface area contributed by atoms with E-state index < -0.39 is 5.82 Å². The first-order valence-electron chi connectivity index (χ1n) is 4.57. The summed E-state index contributed by atoms with van der Waals surface area (Å²) in [6.07, 6.45) is 1.67. The molecule has 16 heavy (non-hydrogen) atoms. The predicted molar refractivity (Wildman–Crippen MR) is 62.3 cm³/mol. The molecule has 1 aromatic heterocycles. The van der Waals surface area contributed by atoms with E-state index >= 15 is 0 Å². The Hall–Kier alpha value is -1.75. The predicted octanol–water partition coefficient (Wildman–Crippen LogP) is 2.54. The Kier molecular flexibility index (Phi) is 2.70. The van der Waals surface area contributed by atoms with Gasteiger partial charge in [0.1, 0.15) is 5.82 Å². The molecular weight excluding hydrogens is 231 g/mol. The van der Waals surface area contributed by atoms with Crippen molar-refractivity contribution in [3.05, 3.63) is 35.2 Å². The minimum absolute atomic E-state index is 0.0551. The maximum atomic E-state index is 12.9. The Labute approximate surface area is 96.8 Å². The van der Waals surface area contributed by atoms with Gasteiger partial charge in [0, 0.05) is 18.9 Å². The zero-order valence-electron chi connectivity index (χ0n) is 8.54. The van der Waals surface area contributed by atoms with E-state index in [9.17, 15) is 4.39 Å². The molecule has 6 heteroatoms. The molecule has 0 radical (unpaired) electrons. The number of nitrogens with zero attached hydrogens (tertiary/aromatic N) is 2. The van der Waals surface area contributed by atoms with Gasteiger partial charge >= 0.3 is 0 Å². The summed E-state index contributed by atoms with van der Waals surface area (Å²) in [5.74, 6) is 0.0615. The molecule has 0 aliphatic heterocycles. The molecule has 0 aliphatic rings. The Morgan fingerprint density at radius 2 is 2.25 bits per heavy atom. The summed E-state index contributed by atoms with van der Waals surface area (Å²) < 4.78 is 14.5. The number of rotatable bonds is 2. The fourth-order valence-corrected chi connectivity index (χ4v) is 1.50. The molecule has 84 valence electrons. The van der Waals surface area contributed by atoms with Crippen LogP contribution in [0.2, 0.25) is 5.02 Å². The van der Waals surface area contributed by atoms with Gasteiger partial charge in [-0.2, -0.15) is 5.10 Å². The van der Waals surface area contributed by atoms with Gasteiger partial charge < -0.3 is 11.1 Å². The minimum Gasteiger partial charge on any atom is -0.394 e. The molecule has 0 unspecified atom stereocenters. The van der Waals surface area contributed by atoms with Crippen LogP contribution in [-0.4, -0.2) is 9.78 Å². The molecule has 0 aliphatic carbocycles. The van der Waals surface area contributed by atoms with E-state index in [-0.39, 0.29) is 5.02 Å². The van der Waals surface area contributed by atoms with Gasteiger partial charge in [0.2, 0.25) is 0 Å². The van der Waals surface area contributed by atoms with Crippen molar-refractivity contribution in [1.82, 2.24) is 9.78 Å². The molecule has 0 spiro atoms. The fourth-order valence-electron chi connectivity index (χ4n) is 1.31. The topological polar surface area (TPSA) is 55.9 Å². The Morgan fingerprint density at radius 3 is 2.81 bits per heavy atom. The quantitative estimate of drug-likeness (QED) is 0.848. The van der Waals surface area contributed by atoms with Gasteiger partial charge in [0.15, 0.2) is 5.82 Å². The summed E-state index contributed by atoms with van der Waals surface area (Å²) in [4.78, 5) is 0. The number of benzene rings is 1. The number of aryl methyl sites for hydroxylation is 1. The van der Waals surface area contributed by atoms with Gasteiger partial charge in [-0.3, -0.25) is 4.68 Å². The van der Waals surface area contributed by atoms with E-state index in [1.54, 1.807) is 24.0 Å². The second-order valence-corrected chi connectivity index (χ2v) is 3.77. The second kappa shape index (κ2) is 4.02. The largest absolute Gasteiger partial charge is 0.394 e. The van der Waals surface area contributed by atoms with Crippen molar-refractivity contribution >= 4 is 28.8 Å². The smallest absolute Gasteiger partial charge is 0.175 e. The van der Waals surface area contributed by atoms with Gasteiger partial charge in [-0.25, -0.2) is 4.39 Å². The van der Waals surface area contributed by atoms with Crippen molar-refractivity contribution in [3.8, 4) is 0 Å². The lowest BCUT2D eigenvalue weighted by atomic mass is 10.3. The summed E-state index contributed by atoms with van der Waals surface area (Å²) in [5.41, 5.74) is 6.86. The van der Waals surface area contributed by atoms with Crippen LogP contribution in [0.15, 0.2) is 24.4 Å². The number of halogens is 2. The SMILES string of the molecule is Cn1cc(N)c(Nc2ccc(F)c(Cl)c2)n1. The zero-order valence-corrected chi connectivity index (χ0v) is 9.29. The molecule has 4 nitrogen and oxygen atoms in total. The molecule has 1 aromatic carbocycles. The van der Waals surface area contributed by atoms with E-state index in [1.807, 2.05) is 0 Å². The summed E-state index contributed by atoms with van der Waals surface area (Å²) in [5, 5.41) is 7.11. The number of hydrogen-bond donors (Lipinski definition) is 2. The summed E-state index contributed by atoms with van der Waals surface area (Å²) in [6.45, 7) is 0. The Morgan fingerprint density at radius 1 is 1.50 bits per heavy atom. The van der Waals surface area contributed by atoms with Crippen molar-refractivity contribution in [1.29, 1.82) is 0 Å². The van der Waals surface area contributed by atoms with Crippen LogP contribution in [0.5, 0.6) is 0 Å². The molecule has 2 aromatic rings. The highest BCUT2D eigenvalue weighted by atomic mass is 35.5. The highest BCUT2D eigenvalue weighted by molar-refractivity contribution is 6.31. The summed E-state index contributed by atoms with van der Waals surface area (Å²) in [6, 6.07) is 4.32. The molecule has 0 saturated heterocycles. The molecule has 0 amide bonds. The van der Waals surface area contributed by atoms with Crippen molar-refractivity contribution in [3.63, 3.8) is 0 Å². The number of aromatic nitrogens is 2. The maximum absolute atomic E-state index is 12.9. The summed E-state index contributed by atoms with van der Waals surface area (Å²) >= 11 is 5.65. The monoisotopic (exact) mass is 240 g/mol. The van der Waals surface area contributed by atoms with Crippen LogP contribution in [0.1, 0.15) is 0 Å². The first-order valence-corrected chi connectivity index (χ1v) is 4.95. The third-order valence-electron chi connectivity index (χ3n) is 2.04. The van der Waals surface area contributed by atoms with Gasteiger partial charge in [-0.1, -0.05) is 11.6 Å². The summed E-state index contributed by atoms with van der Waals surface area (Å²) in [7, 11) is 1.76. The van der Waals surface area contributed by atoms with Crippen LogP contribution in [0, 0.1) is 5.82 Å². The van der Waals surface area contributed by atoms with Crippen LogP contribution < -0.4 is 11.1 Å². The van der Waals surface area contributed by atoms with E-state index in [0.29, 0.717) is 17.2 Å². The fraction of sp³-hybridized carbons (Fsp3) is 0.100. The average Bonchev–Trinajstić information content (AvgIpc) is 2.51. The molecule has 0 saturated carbocycles. The van der Waals surface area contributed by atoms with Crippen molar-refractivity contribution in [2.45, 2.75) is 0 Å². The van der Waals surface area contributed by atoms with Crippen LogP contribution in [0.4, 0.5) is 21.6 Å². The molecule has 0 fully saturated rings. The molecule has 2 rings (SSSR count). The van der Waals surface area contributed by atoms with Crippen molar-refractivity contribution in [2.75, 3.05) is 11.1 Å². The van der Waals surface area contributed by atoms with E-state index in [4.69, 9.17) is 17.3 Å². The molecule has 3 N–H and O–H groups in total. The number of nitrogens with two attached hydrogens (primary N) is 1. The lowest BCUT2D eigenvalue weighted by molar-refractivity contribution is 0.628. The number of nitrogens with one attached hydrogen (secondary N) is 1. The number of nitrogen functional groups attached to an aromatic ring is 1. The van der Waals surface area contributed by atoms with Crippen LogP contribution >= 0.6 is 11.6 Å². The number of anilines is 3. The maximum Gasteiger partial charge on any atom is 0.175 e. The van der Waals surface area contributed by atoms with E-state index in [1.165, 1.54) is 12.1 Å². The minimum atomic E-state index is -0.457. The lowest BCUT2D eigenvalue weighted by Gasteiger charge is -2.04. The Bertz CT molecular complexity index is 524. The van der Waals surface area contributed by atoms with Gasteiger partial charge in [0.05, 0.1) is 10.7 Å². The average molecular weight is 241 g/mol. The third-order valence-corrected chi connectivity index (χ3v) is 2.33. The normalized spacial score (nSPS) is 10.4. The highest BCUT2D eigenvalue weighted by Gasteiger charge is 2.06. The van der Waals surface area contributed by atoms with Crippen molar-refractivity contribution in [2.24, 2.45) is 7.05 Å². The van der Waals surface area contributed by atoms with Crippen LogP contribution in [0.3, 0.4) is 0 Å². The lowest BCUT2D eigenvalue weighted by Crippen LogP contribution is -1.96. The van der Waals surface area contributed by atoms with E-state index in [0.717, 1.165) is 0 Å². The first-order chi connectivity index (χ1) is 7.56. The Balaban J connectivity index is 2.27. The molecular formula is C10H10ClFN4. The molecule has 0 atom stereocenters. The standard InChI is InChI=1S/C10H10ClFN4/c1-16-5-9(13)10(15-16)14-6-2-3-8(12)7(11)4-6/h2-5H,13H2,1H3,(H,14,15). The van der Waals surface area contributed by atoms with Crippen LogP contribution in [-0.2, 0) is 7.05 Å². The van der Waals surface area contributed by atoms with E-state index in [2.05, 4.69) is 10.4 Å². The van der Waals surface area contributed by atoms with Crippen molar-refractivity contribution < 1.29 is 4.39 Å². The third kappa shape index (κ3) is 2.09. The first kappa shape index (κ1) is 10.8. The zero-order chi connectivity index (χ0) is 11.7. The number of hydrogen-bond acceptors (Lipinski definition) is 3. The van der Waals surface area contributed by atoms with Gasteiger partial charge in [-0.05, 0) is 18.2 Å². The molecule has 1 heterocycles. The second-order valence-electron chi connectivity index (χ2n) is 3.36. The highest BCUT2D eigenvalue weighted by Crippen LogP contribution is 2.24.